The summed E-state index contributed by atoms with van der Waals surface area (Å²) >= 11 is 0. The van der Waals surface area contributed by atoms with Gasteiger partial charge >= 0.3 is 0 Å². The van der Waals surface area contributed by atoms with Gasteiger partial charge in [-0.2, -0.15) is 0 Å². The number of rotatable bonds is 9. The topological polar surface area (TPSA) is 65.0 Å². The zero-order valence-electron chi connectivity index (χ0n) is 17.1. The molecule has 1 saturated heterocycles. The van der Waals surface area contributed by atoms with Crippen LogP contribution in [0, 0.1) is 6.92 Å². The highest BCUT2D eigenvalue weighted by atomic mass is 16.5. The van der Waals surface area contributed by atoms with Crippen LogP contribution in [0.25, 0.3) is 0 Å². The molecule has 2 aromatic carbocycles. The summed E-state index contributed by atoms with van der Waals surface area (Å²) in [4.78, 5) is 16.6. The smallest absolute Gasteiger partial charge is 0.234 e. The lowest BCUT2D eigenvalue weighted by atomic mass is 10.1. The van der Waals surface area contributed by atoms with Gasteiger partial charge in [0.25, 0.3) is 0 Å². The van der Waals surface area contributed by atoms with Crippen LogP contribution in [-0.2, 0) is 11.3 Å². The molecule has 3 rings (SSSR count). The normalized spacial score (nSPS) is 16.3. The SMILES string of the molecule is Cc1ccc(CNC(=O)CN2CCN(C[C@H](O)COc3ccccc3)CC2)cc1. The van der Waals surface area contributed by atoms with Crippen molar-refractivity contribution in [1.29, 1.82) is 0 Å². The van der Waals surface area contributed by atoms with Gasteiger partial charge in [-0.05, 0) is 24.6 Å². The zero-order valence-corrected chi connectivity index (χ0v) is 17.1. The van der Waals surface area contributed by atoms with Gasteiger partial charge in [-0.3, -0.25) is 14.6 Å². The summed E-state index contributed by atoms with van der Waals surface area (Å²) in [6.07, 6.45) is -0.528. The molecule has 0 unspecified atom stereocenters. The fourth-order valence-electron chi connectivity index (χ4n) is 3.36. The molecular formula is C23H31N3O3. The molecule has 6 heteroatoms. The molecule has 0 saturated carbocycles. The van der Waals surface area contributed by atoms with Gasteiger partial charge in [0.2, 0.25) is 5.91 Å². The van der Waals surface area contributed by atoms with Crippen molar-refractivity contribution in [2.24, 2.45) is 0 Å². The molecule has 0 bridgehead atoms. The number of hydrogen-bond donors (Lipinski definition) is 2. The van der Waals surface area contributed by atoms with Gasteiger partial charge in [0, 0.05) is 39.3 Å². The van der Waals surface area contributed by atoms with E-state index >= 15 is 0 Å². The Bertz CT molecular complexity index is 744. The number of nitrogens with zero attached hydrogens (tertiary/aromatic N) is 2. The number of ether oxygens (including phenoxy) is 1. The van der Waals surface area contributed by atoms with Gasteiger partial charge in [-0.25, -0.2) is 0 Å². The Labute approximate surface area is 173 Å². The van der Waals surface area contributed by atoms with Gasteiger partial charge < -0.3 is 15.2 Å². The molecule has 0 radical (unpaired) electrons. The lowest BCUT2D eigenvalue weighted by Gasteiger charge is -2.35. The lowest BCUT2D eigenvalue weighted by Crippen LogP contribution is -2.51. The Morgan fingerprint density at radius 3 is 2.38 bits per heavy atom. The summed E-state index contributed by atoms with van der Waals surface area (Å²) in [7, 11) is 0. The standard InChI is InChI=1S/C23H31N3O3/c1-19-7-9-20(10-8-19)15-24-23(28)17-26-13-11-25(12-14-26)16-21(27)18-29-22-5-3-2-4-6-22/h2-10,21,27H,11-18H2,1H3,(H,24,28)/t21-/m0/s1. The summed E-state index contributed by atoms with van der Waals surface area (Å²) in [5.74, 6) is 0.823. The fourth-order valence-corrected chi connectivity index (χ4v) is 3.36. The predicted octanol–water partition coefficient (Wildman–Crippen LogP) is 1.67. The third kappa shape index (κ3) is 7.49. The van der Waals surface area contributed by atoms with Crippen LogP contribution in [-0.4, -0.2) is 72.8 Å². The van der Waals surface area contributed by atoms with E-state index in [1.54, 1.807) is 0 Å². The third-order valence-corrected chi connectivity index (χ3v) is 5.10. The molecule has 1 heterocycles. The van der Waals surface area contributed by atoms with E-state index < -0.39 is 6.10 Å². The summed E-state index contributed by atoms with van der Waals surface area (Å²) in [5, 5.41) is 13.2. The monoisotopic (exact) mass is 397 g/mol. The maximum Gasteiger partial charge on any atom is 0.234 e. The molecule has 1 atom stereocenters. The number of aryl methyl sites for hydroxylation is 1. The van der Waals surface area contributed by atoms with Gasteiger partial charge in [0.15, 0.2) is 0 Å². The first-order valence-electron chi connectivity index (χ1n) is 10.2. The van der Waals surface area contributed by atoms with Crippen molar-refractivity contribution in [3.63, 3.8) is 0 Å². The first kappa shape index (κ1) is 21.3. The van der Waals surface area contributed by atoms with E-state index in [1.807, 2.05) is 42.5 Å². The van der Waals surface area contributed by atoms with Crippen molar-refractivity contribution in [1.82, 2.24) is 15.1 Å². The van der Waals surface area contributed by atoms with E-state index in [1.165, 1.54) is 5.56 Å². The molecular weight excluding hydrogens is 366 g/mol. The Hall–Kier alpha value is -2.41. The number of aliphatic hydroxyl groups is 1. The summed E-state index contributed by atoms with van der Waals surface area (Å²) < 4.78 is 5.61. The molecule has 2 aromatic rings. The van der Waals surface area contributed by atoms with E-state index in [9.17, 15) is 9.90 Å². The number of benzene rings is 2. The largest absolute Gasteiger partial charge is 0.491 e. The van der Waals surface area contributed by atoms with E-state index in [0.29, 0.717) is 19.6 Å². The molecule has 29 heavy (non-hydrogen) atoms. The molecule has 1 amide bonds. The average molecular weight is 398 g/mol. The first-order valence-corrected chi connectivity index (χ1v) is 10.2. The van der Waals surface area contributed by atoms with Crippen LogP contribution in [0.1, 0.15) is 11.1 Å². The highest BCUT2D eigenvalue weighted by Crippen LogP contribution is 2.09. The zero-order chi connectivity index (χ0) is 20.5. The summed E-state index contributed by atoms with van der Waals surface area (Å²) in [6, 6.07) is 17.7. The lowest BCUT2D eigenvalue weighted by molar-refractivity contribution is -0.122. The highest BCUT2D eigenvalue weighted by molar-refractivity contribution is 5.78. The van der Waals surface area contributed by atoms with E-state index in [-0.39, 0.29) is 12.5 Å². The van der Waals surface area contributed by atoms with E-state index in [4.69, 9.17) is 4.74 Å². The van der Waals surface area contributed by atoms with Crippen LogP contribution in [0.5, 0.6) is 5.75 Å². The number of aliphatic hydroxyl groups excluding tert-OH is 1. The van der Waals surface area contributed by atoms with Crippen molar-refractivity contribution in [2.75, 3.05) is 45.9 Å². The number of hydrogen-bond acceptors (Lipinski definition) is 5. The first-order chi connectivity index (χ1) is 14.1. The third-order valence-electron chi connectivity index (χ3n) is 5.10. The number of nitrogens with one attached hydrogen (secondary N) is 1. The van der Waals surface area contributed by atoms with Crippen molar-refractivity contribution < 1.29 is 14.6 Å². The minimum atomic E-state index is -0.528. The van der Waals surface area contributed by atoms with Crippen LogP contribution in [0.3, 0.4) is 0 Å². The number of piperazine rings is 1. The molecule has 156 valence electrons. The summed E-state index contributed by atoms with van der Waals surface area (Å²) in [6.45, 7) is 7.23. The maximum atomic E-state index is 12.2. The molecule has 0 aromatic heterocycles. The fraction of sp³-hybridized carbons (Fsp3) is 0.435. The number of para-hydroxylation sites is 1. The van der Waals surface area contributed by atoms with Crippen molar-refractivity contribution in [3.8, 4) is 5.75 Å². The van der Waals surface area contributed by atoms with Crippen LogP contribution in [0.15, 0.2) is 54.6 Å². The molecule has 2 N–H and O–H groups in total. The number of β-amino-alcohol motifs (C(OH)–C–C–N with tert-alkyl or cyclic N) is 1. The Kier molecular flexibility index (Phi) is 8.04. The Morgan fingerprint density at radius 2 is 1.69 bits per heavy atom. The minimum absolute atomic E-state index is 0.0512. The Balaban J connectivity index is 1.30. The van der Waals surface area contributed by atoms with Crippen molar-refractivity contribution in [3.05, 3.63) is 65.7 Å². The average Bonchev–Trinajstić information content (AvgIpc) is 2.74. The molecule has 1 fully saturated rings. The molecule has 1 aliphatic rings. The van der Waals surface area contributed by atoms with Crippen LogP contribution in [0.4, 0.5) is 0 Å². The second-order valence-corrected chi connectivity index (χ2v) is 7.62. The molecule has 0 aliphatic carbocycles. The van der Waals surface area contributed by atoms with Gasteiger partial charge in [-0.15, -0.1) is 0 Å². The maximum absolute atomic E-state index is 12.2. The highest BCUT2D eigenvalue weighted by Gasteiger charge is 2.21. The van der Waals surface area contributed by atoms with Crippen LogP contribution < -0.4 is 10.1 Å². The number of amides is 1. The van der Waals surface area contributed by atoms with Gasteiger partial charge in [-0.1, -0.05) is 48.0 Å². The van der Waals surface area contributed by atoms with Crippen LogP contribution >= 0.6 is 0 Å². The molecule has 1 aliphatic heterocycles. The second kappa shape index (κ2) is 11.0. The predicted molar refractivity (Wildman–Crippen MR) is 114 cm³/mol. The van der Waals surface area contributed by atoms with E-state index in [2.05, 4.69) is 34.2 Å². The molecule has 6 nitrogen and oxygen atoms in total. The quantitative estimate of drug-likeness (QED) is 0.674. The van der Waals surface area contributed by atoms with Crippen molar-refractivity contribution >= 4 is 5.91 Å². The van der Waals surface area contributed by atoms with E-state index in [0.717, 1.165) is 37.5 Å². The van der Waals surface area contributed by atoms with Crippen molar-refractivity contribution in [2.45, 2.75) is 19.6 Å². The molecule has 0 spiro atoms. The summed E-state index contributed by atoms with van der Waals surface area (Å²) in [5.41, 5.74) is 2.33. The second-order valence-electron chi connectivity index (χ2n) is 7.62. The Morgan fingerprint density at radius 1 is 1.03 bits per heavy atom. The van der Waals surface area contributed by atoms with Gasteiger partial charge in [0.1, 0.15) is 18.5 Å². The minimum Gasteiger partial charge on any atom is -0.491 e. The van der Waals surface area contributed by atoms with Crippen LogP contribution in [0.2, 0.25) is 0 Å². The van der Waals surface area contributed by atoms with Gasteiger partial charge in [0.05, 0.1) is 6.54 Å². The number of carbonyl (C=O) groups is 1. The number of carbonyl (C=O) groups excluding carboxylic acids is 1.